The van der Waals surface area contributed by atoms with Crippen molar-refractivity contribution in [3.63, 3.8) is 0 Å². The molecule has 3 rings (SSSR count). The van der Waals surface area contributed by atoms with Crippen molar-refractivity contribution in [2.75, 3.05) is 0 Å². The molecule has 0 aliphatic heterocycles. The van der Waals surface area contributed by atoms with Gasteiger partial charge in [0, 0.05) is 23.3 Å². The Balaban J connectivity index is 0.000000629. The van der Waals surface area contributed by atoms with E-state index >= 15 is 0 Å². The second-order valence-electron chi connectivity index (χ2n) is 14.3. The quantitative estimate of drug-likeness (QED) is 0.180. The zero-order valence-electron chi connectivity index (χ0n) is 31.9. The first kappa shape index (κ1) is 42.5. The molecule has 0 saturated carbocycles. The van der Waals surface area contributed by atoms with Crippen molar-refractivity contribution in [3.8, 4) is 0 Å². The lowest BCUT2D eigenvalue weighted by molar-refractivity contribution is 0.552. The Labute approximate surface area is 281 Å². The predicted molar refractivity (Wildman–Crippen MR) is 203 cm³/mol. The van der Waals surface area contributed by atoms with Crippen LogP contribution in [0.1, 0.15) is 167 Å². The standard InChI is InChI=1S/2C14H23N.C13H20.C2H6/c1-11(2)7-5-8-13-9-6-10-14(15-13)12(3)4;1-11(2)6-5-7-13-8-9-15-14(10-13)12(3)4;1-11(2)6-4-8-13-9-5-7-12(3)10-13;1-2/h6,9-12H,5,7-8H2,1-4H3;8-12H,5-7H2,1-4H3;5,7,9-11H,4,6,8H2,1-3H3;1-2H3. The predicted octanol–water partition coefficient (Wildman–Crippen LogP) is 13.4. The minimum atomic E-state index is 0.537. The van der Waals surface area contributed by atoms with E-state index in [9.17, 15) is 0 Å². The zero-order chi connectivity index (χ0) is 34.2. The van der Waals surface area contributed by atoms with E-state index in [1.165, 1.54) is 85.1 Å². The highest BCUT2D eigenvalue weighted by Crippen LogP contribution is 2.16. The average molecular weight is 617 g/mol. The van der Waals surface area contributed by atoms with Gasteiger partial charge in [-0.3, -0.25) is 9.97 Å². The number of hydrogen-bond donors (Lipinski definition) is 0. The number of rotatable bonds is 14. The van der Waals surface area contributed by atoms with Crippen LogP contribution < -0.4 is 0 Å². The van der Waals surface area contributed by atoms with Gasteiger partial charge in [0.05, 0.1) is 0 Å². The van der Waals surface area contributed by atoms with Crippen molar-refractivity contribution in [2.45, 2.75) is 160 Å². The molecule has 2 aromatic heterocycles. The van der Waals surface area contributed by atoms with Crippen molar-refractivity contribution in [2.24, 2.45) is 17.8 Å². The van der Waals surface area contributed by atoms with Gasteiger partial charge in [0.25, 0.3) is 0 Å². The fraction of sp³-hybridized carbons (Fsp3) is 0.628. The highest BCUT2D eigenvalue weighted by molar-refractivity contribution is 5.22. The van der Waals surface area contributed by atoms with Crippen molar-refractivity contribution in [1.29, 1.82) is 0 Å². The molecular weight excluding hydrogens is 544 g/mol. The third kappa shape index (κ3) is 22.6. The molecule has 0 unspecified atom stereocenters. The largest absolute Gasteiger partial charge is 0.261 e. The summed E-state index contributed by atoms with van der Waals surface area (Å²) in [6, 6.07) is 19.6. The van der Waals surface area contributed by atoms with E-state index < -0.39 is 0 Å². The van der Waals surface area contributed by atoms with Gasteiger partial charge < -0.3 is 0 Å². The summed E-state index contributed by atoms with van der Waals surface area (Å²) in [7, 11) is 0. The van der Waals surface area contributed by atoms with Gasteiger partial charge in [0.1, 0.15) is 0 Å². The monoisotopic (exact) mass is 617 g/mol. The number of hydrogen-bond acceptors (Lipinski definition) is 2. The molecule has 0 amide bonds. The maximum absolute atomic E-state index is 4.67. The van der Waals surface area contributed by atoms with Crippen LogP contribution in [0.2, 0.25) is 0 Å². The van der Waals surface area contributed by atoms with E-state index in [2.05, 4.69) is 141 Å². The molecule has 0 bridgehead atoms. The van der Waals surface area contributed by atoms with Crippen LogP contribution in [-0.4, -0.2) is 9.97 Å². The molecule has 0 atom stereocenters. The number of benzene rings is 1. The minimum absolute atomic E-state index is 0.537. The lowest BCUT2D eigenvalue weighted by atomic mass is 10.0. The molecule has 45 heavy (non-hydrogen) atoms. The molecule has 0 radical (unpaired) electrons. The van der Waals surface area contributed by atoms with Gasteiger partial charge >= 0.3 is 0 Å². The second-order valence-corrected chi connectivity index (χ2v) is 14.3. The van der Waals surface area contributed by atoms with E-state index in [-0.39, 0.29) is 0 Å². The van der Waals surface area contributed by atoms with Crippen LogP contribution in [0.5, 0.6) is 0 Å². The summed E-state index contributed by atoms with van der Waals surface area (Å²) in [4.78, 5) is 9.05. The third-order valence-corrected chi connectivity index (χ3v) is 7.65. The Morgan fingerprint density at radius 1 is 0.533 bits per heavy atom. The fourth-order valence-electron chi connectivity index (χ4n) is 4.91. The van der Waals surface area contributed by atoms with Crippen molar-refractivity contribution < 1.29 is 0 Å². The minimum Gasteiger partial charge on any atom is -0.261 e. The maximum Gasteiger partial charge on any atom is 0.0432 e. The van der Waals surface area contributed by atoms with Crippen LogP contribution in [0.25, 0.3) is 0 Å². The SMILES string of the molecule is CC.CC(C)CCCc1cccc(C(C)C)n1.CC(C)CCCc1ccnc(C(C)C)c1.Cc1cccc(CCCC(C)C)c1. The van der Waals surface area contributed by atoms with Gasteiger partial charge in [-0.2, -0.15) is 0 Å². The van der Waals surface area contributed by atoms with Crippen LogP contribution in [-0.2, 0) is 19.3 Å². The van der Waals surface area contributed by atoms with Crippen LogP contribution in [0.3, 0.4) is 0 Å². The van der Waals surface area contributed by atoms with Crippen LogP contribution in [0, 0.1) is 24.7 Å². The first-order valence-corrected chi connectivity index (χ1v) is 18.3. The van der Waals surface area contributed by atoms with Crippen molar-refractivity contribution in [3.05, 3.63) is 94.6 Å². The van der Waals surface area contributed by atoms with E-state index in [1.807, 2.05) is 20.0 Å². The van der Waals surface area contributed by atoms with Gasteiger partial charge in [-0.25, -0.2) is 0 Å². The van der Waals surface area contributed by atoms with Gasteiger partial charge in [-0.15, -0.1) is 0 Å². The Bertz CT molecular complexity index is 1050. The number of nitrogens with zero attached hydrogens (tertiary/aromatic N) is 2. The maximum atomic E-state index is 4.67. The van der Waals surface area contributed by atoms with E-state index in [1.54, 1.807) is 0 Å². The highest BCUT2D eigenvalue weighted by Gasteiger charge is 2.04. The Morgan fingerprint density at radius 3 is 1.51 bits per heavy atom. The number of aromatic nitrogens is 2. The molecule has 2 nitrogen and oxygen atoms in total. The summed E-state index contributed by atoms with van der Waals surface area (Å²) in [5, 5.41) is 0. The Kier molecular flexibility index (Phi) is 24.3. The summed E-state index contributed by atoms with van der Waals surface area (Å²) < 4.78 is 0. The Hall–Kier alpha value is -2.48. The molecule has 2 heterocycles. The number of pyridine rings is 2. The van der Waals surface area contributed by atoms with Gasteiger partial charge in [0.2, 0.25) is 0 Å². The van der Waals surface area contributed by atoms with E-state index in [4.69, 9.17) is 0 Å². The summed E-state index contributed by atoms with van der Waals surface area (Å²) >= 11 is 0. The molecule has 2 heteroatoms. The van der Waals surface area contributed by atoms with Crippen LogP contribution in [0.4, 0.5) is 0 Å². The Morgan fingerprint density at radius 2 is 1.02 bits per heavy atom. The molecule has 0 fully saturated rings. The van der Waals surface area contributed by atoms with Gasteiger partial charge in [0.15, 0.2) is 0 Å². The topological polar surface area (TPSA) is 25.8 Å². The van der Waals surface area contributed by atoms with Gasteiger partial charge in [-0.1, -0.05) is 138 Å². The molecule has 0 aliphatic rings. The lowest BCUT2D eigenvalue weighted by Crippen LogP contribution is -1.98. The molecule has 0 N–H and O–H groups in total. The normalized spacial score (nSPS) is 10.8. The first-order valence-electron chi connectivity index (χ1n) is 18.3. The number of aryl methyl sites for hydroxylation is 4. The van der Waals surface area contributed by atoms with E-state index in [0.717, 1.165) is 24.2 Å². The van der Waals surface area contributed by atoms with Gasteiger partial charge in [-0.05, 0) is 110 Å². The zero-order valence-corrected chi connectivity index (χ0v) is 31.9. The van der Waals surface area contributed by atoms with Crippen molar-refractivity contribution >= 4 is 0 Å². The summed E-state index contributed by atoms with van der Waals surface area (Å²) in [5.41, 5.74) is 7.99. The molecule has 0 aliphatic carbocycles. The van der Waals surface area contributed by atoms with Crippen LogP contribution >= 0.6 is 0 Å². The molecular formula is C43H72N2. The smallest absolute Gasteiger partial charge is 0.0432 e. The molecule has 0 spiro atoms. The summed E-state index contributed by atoms with van der Waals surface area (Å²) in [5.74, 6) is 3.53. The summed E-state index contributed by atoms with van der Waals surface area (Å²) in [6.45, 7) is 28.6. The van der Waals surface area contributed by atoms with Crippen molar-refractivity contribution in [1.82, 2.24) is 9.97 Å². The third-order valence-electron chi connectivity index (χ3n) is 7.65. The second kappa shape index (κ2) is 25.7. The highest BCUT2D eigenvalue weighted by atomic mass is 14.7. The van der Waals surface area contributed by atoms with Crippen LogP contribution in [0.15, 0.2) is 60.8 Å². The first-order chi connectivity index (χ1) is 21.4. The molecule has 3 aromatic rings. The lowest BCUT2D eigenvalue weighted by Gasteiger charge is -2.08. The van der Waals surface area contributed by atoms with E-state index in [0.29, 0.717) is 11.8 Å². The molecule has 0 saturated heterocycles. The average Bonchev–Trinajstić information content (AvgIpc) is 2.99. The molecule has 1 aromatic carbocycles. The fourth-order valence-corrected chi connectivity index (χ4v) is 4.91. The summed E-state index contributed by atoms with van der Waals surface area (Å²) in [6.07, 6.45) is 13.3. The molecule has 254 valence electrons.